The molecule has 0 heterocycles. The fourth-order valence-electron chi connectivity index (χ4n) is 1.10. The highest BCUT2D eigenvalue weighted by molar-refractivity contribution is 8.13. The van der Waals surface area contributed by atoms with Crippen LogP contribution in [0.3, 0.4) is 0 Å². The van der Waals surface area contributed by atoms with E-state index >= 15 is 0 Å². The summed E-state index contributed by atoms with van der Waals surface area (Å²) in [6, 6.07) is 2.79. The van der Waals surface area contributed by atoms with Gasteiger partial charge in [-0.15, -0.1) is 0 Å². The Morgan fingerprint density at radius 2 is 1.79 bits per heavy atom. The standard InChI is InChI=1S/C12H11Cl3O3S/c1-6(5-19-7(2)16)12(17)18-11-4-9(14)8(13)3-10(11)15/h3-4,6H,5H2,1-2H3. The van der Waals surface area contributed by atoms with Gasteiger partial charge in [0.05, 0.1) is 21.0 Å². The largest absolute Gasteiger partial charge is 0.425 e. The normalized spacial score (nSPS) is 12.1. The molecule has 0 amide bonds. The van der Waals surface area contributed by atoms with E-state index in [1.54, 1.807) is 6.92 Å². The molecule has 0 spiro atoms. The summed E-state index contributed by atoms with van der Waals surface area (Å²) in [6.45, 7) is 3.11. The number of carbonyl (C=O) groups excluding carboxylic acids is 2. The molecule has 1 unspecified atom stereocenters. The van der Waals surface area contributed by atoms with Crippen LogP contribution in [0, 0.1) is 5.92 Å². The predicted molar refractivity (Wildman–Crippen MR) is 79.4 cm³/mol. The van der Waals surface area contributed by atoms with Crippen LogP contribution >= 0.6 is 46.6 Å². The second-order valence-corrected chi connectivity index (χ2v) is 6.24. The Morgan fingerprint density at radius 3 is 2.37 bits per heavy atom. The van der Waals surface area contributed by atoms with E-state index in [1.807, 2.05) is 0 Å². The molecule has 0 radical (unpaired) electrons. The second kappa shape index (κ2) is 7.39. The van der Waals surface area contributed by atoms with E-state index in [4.69, 9.17) is 39.5 Å². The minimum atomic E-state index is -0.478. The van der Waals surface area contributed by atoms with Crippen LogP contribution in [-0.2, 0) is 9.59 Å². The highest BCUT2D eigenvalue weighted by Gasteiger charge is 2.18. The number of hydrogen-bond acceptors (Lipinski definition) is 4. The van der Waals surface area contributed by atoms with Gasteiger partial charge in [-0.05, 0) is 6.07 Å². The predicted octanol–water partition coefficient (Wildman–Crippen LogP) is 4.47. The number of carbonyl (C=O) groups is 2. The summed E-state index contributed by atoms with van der Waals surface area (Å²) in [5.41, 5.74) is 0. The van der Waals surface area contributed by atoms with Crippen LogP contribution in [0.5, 0.6) is 5.75 Å². The van der Waals surface area contributed by atoms with Crippen molar-refractivity contribution in [3.63, 3.8) is 0 Å². The molecule has 19 heavy (non-hydrogen) atoms. The molecule has 1 aromatic carbocycles. The summed E-state index contributed by atoms with van der Waals surface area (Å²) in [5.74, 6) is -0.401. The number of halogens is 3. The number of rotatable bonds is 4. The molecule has 0 N–H and O–H groups in total. The zero-order valence-electron chi connectivity index (χ0n) is 10.2. The Balaban J connectivity index is 2.71. The molecule has 0 aliphatic carbocycles. The lowest BCUT2D eigenvalue weighted by molar-refractivity contribution is -0.137. The summed E-state index contributed by atoms with van der Waals surface area (Å²) >= 11 is 18.6. The van der Waals surface area contributed by atoms with E-state index < -0.39 is 11.9 Å². The Kier molecular flexibility index (Phi) is 6.47. The molecule has 7 heteroatoms. The van der Waals surface area contributed by atoms with Crippen LogP contribution < -0.4 is 4.74 Å². The molecular formula is C12H11Cl3O3S. The van der Waals surface area contributed by atoms with Gasteiger partial charge >= 0.3 is 5.97 Å². The van der Waals surface area contributed by atoms with Crippen molar-refractivity contribution < 1.29 is 14.3 Å². The third-order valence-electron chi connectivity index (χ3n) is 2.12. The molecule has 0 saturated carbocycles. The lowest BCUT2D eigenvalue weighted by atomic mass is 10.2. The van der Waals surface area contributed by atoms with Crippen LogP contribution in [0.2, 0.25) is 15.1 Å². The topological polar surface area (TPSA) is 43.4 Å². The van der Waals surface area contributed by atoms with Crippen molar-refractivity contribution in [3.8, 4) is 5.75 Å². The fraction of sp³-hybridized carbons (Fsp3) is 0.333. The number of thioether (sulfide) groups is 1. The van der Waals surface area contributed by atoms with Gasteiger partial charge in [-0.2, -0.15) is 0 Å². The highest BCUT2D eigenvalue weighted by Crippen LogP contribution is 2.34. The maximum atomic E-state index is 11.8. The molecular weight excluding hydrogens is 331 g/mol. The first kappa shape index (κ1) is 16.6. The van der Waals surface area contributed by atoms with Crippen molar-refractivity contribution >= 4 is 57.6 Å². The molecule has 0 bridgehead atoms. The Bertz CT molecular complexity index is 505. The Morgan fingerprint density at radius 1 is 1.21 bits per heavy atom. The average Bonchev–Trinajstić information content (AvgIpc) is 2.32. The van der Waals surface area contributed by atoms with Gasteiger partial charge in [-0.3, -0.25) is 9.59 Å². The monoisotopic (exact) mass is 340 g/mol. The van der Waals surface area contributed by atoms with Crippen molar-refractivity contribution in [2.45, 2.75) is 13.8 Å². The molecule has 0 aliphatic heterocycles. The minimum Gasteiger partial charge on any atom is -0.425 e. The lowest BCUT2D eigenvalue weighted by Crippen LogP contribution is -2.20. The summed E-state index contributed by atoms with van der Waals surface area (Å²) in [6.07, 6.45) is 0. The van der Waals surface area contributed by atoms with E-state index in [0.29, 0.717) is 5.75 Å². The van der Waals surface area contributed by atoms with Crippen molar-refractivity contribution in [3.05, 3.63) is 27.2 Å². The van der Waals surface area contributed by atoms with E-state index in [-0.39, 0.29) is 25.9 Å². The maximum Gasteiger partial charge on any atom is 0.314 e. The van der Waals surface area contributed by atoms with E-state index in [1.165, 1.54) is 19.1 Å². The summed E-state index contributed by atoms with van der Waals surface area (Å²) in [4.78, 5) is 22.6. The molecule has 0 aliphatic rings. The number of esters is 1. The van der Waals surface area contributed by atoms with Crippen LogP contribution in [0.1, 0.15) is 13.8 Å². The fourth-order valence-corrected chi connectivity index (χ4v) is 2.30. The second-order valence-electron chi connectivity index (χ2n) is 3.82. The molecule has 1 aromatic rings. The molecule has 1 rings (SSSR count). The number of ether oxygens (including phenoxy) is 1. The highest BCUT2D eigenvalue weighted by atomic mass is 35.5. The van der Waals surface area contributed by atoms with Crippen molar-refractivity contribution in [1.29, 1.82) is 0 Å². The van der Waals surface area contributed by atoms with Gasteiger partial charge in [0, 0.05) is 18.7 Å². The molecule has 1 atom stereocenters. The third kappa shape index (κ3) is 5.22. The molecule has 3 nitrogen and oxygen atoms in total. The quantitative estimate of drug-likeness (QED) is 0.460. The average molecular weight is 342 g/mol. The number of hydrogen-bond donors (Lipinski definition) is 0. The molecule has 0 aromatic heterocycles. The van der Waals surface area contributed by atoms with Gasteiger partial charge < -0.3 is 4.74 Å². The van der Waals surface area contributed by atoms with E-state index in [9.17, 15) is 9.59 Å². The van der Waals surface area contributed by atoms with Gasteiger partial charge in [0.2, 0.25) is 0 Å². The first-order valence-electron chi connectivity index (χ1n) is 5.31. The zero-order valence-corrected chi connectivity index (χ0v) is 13.3. The first-order chi connectivity index (χ1) is 8.81. The van der Waals surface area contributed by atoms with Gasteiger partial charge in [-0.25, -0.2) is 0 Å². The minimum absolute atomic E-state index is 0.0489. The van der Waals surface area contributed by atoms with Crippen LogP contribution in [0.25, 0.3) is 0 Å². The van der Waals surface area contributed by atoms with Gasteiger partial charge in [0.25, 0.3) is 0 Å². The van der Waals surface area contributed by atoms with Crippen LogP contribution in [0.4, 0.5) is 0 Å². The maximum absolute atomic E-state index is 11.8. The van der Waals surface area contributed by atoms with Gasteiger partial charge in [0.15, 0.2) is 10.9 Å². The Labute approximate surface area is 130 Å². The van der Waals surface area contributed by atoms with E-state index in [2.05, 4.69) is 0 Å². The first-order valence-corrected chi connectivity index (χ1v) is 7.42. The molecule has 0 saturated heterocycles. The number of benzene rings is 1. The van der Waals surface area contributed by atoms with Crippen LogP contribution in [-0.4, -0.2) is 16.8 Å². The Hall–Kier alpha value is -0.420. The zero-order chi connectivity index (χ0) is 14.6. The van der Waals surface area contributed by atoms with E-state index in [0.717, 1.165) is 11.8 Å². The van der Waals surface area contributed by atoms with Crippen molar-refractivity contribution in [2.75, 3.05) is 5.75 Å². The SMILES string of the molecule is CC(=O)SCC(C)C(=O)Oc1cc(Cl)c(Cl)cc1Cl. The summed E-state index contributed by atoms with van der Waals surface area (Å²) in [5, 5.41) is 0.688. The van der Waals surface area contributed by atoms with Crippen LogP contribution in [0.15, 0.2) is 12.1 Å². The summed E-state index contributed by atoms with van der Waals surface area (Å²) < 4.78 is 5.14. The van der Waals surface area contributed by atoms with Gasteiger partial charge in [0.1, 0.15) is 0 Å². The smallest absolute Gasteiger partial charge is 0.314 e. The van der Waals surface area contributed by atoms with Gasteiger partial charge in [-0.1, -0.05) is 53.5 Å². The van der Waals surface area contributed by atoms with Crippen molar-refractivity contribution in [1.82, 2.24) is 0 Å². The van der Waals surface area contributed by atoms with Crippen molar-refractivity contribution in [2.24, 2.45) is 5.92 Å². The summed E-state index contributed by atoms with van der Waals surface area (Å²) in [7, 11) is 0. The lowest BCUT2D eigenvalue weighted by Gasteiger charge is -2.11. The molecule has 0 fully saturated rings. The molecule has 104 valence electrons. The third-order valence-corrected chi connectivity index (χ3v) is 4.22.